The molecular weight excluding hydrogens is 324 g/mol. The molecule has 24 heavy (non-hydrogen) atoms. The van der Waals surface area contributed by atoms with Gasteiger partial charge in [-0.25, -0.2) is 9.50 Å². The zero-order valence-electron chi connectivity index (χ0n) is 14.2. The average Bonchev–Trinajstić information content (AvgIpc) is 3.19. The molecule has 1 amide bonds. The lowest BCUT2D eigenvalue weighted by molar-refractivity contribution is -0.131. The van der Waals surface area contributed by atoms with Crippen LogP contribution < -0.4 is 5.56 Å². The maximum Gasteiger partial charge on any atom is 0.266 e. The first-order valence-electron chi connectivity index (χ1n) is 7.75. The number of carbonyl (C=O) groups is 1. The molecule has 126 valence electrons. The number of nitrogens with zero attached hydrogens (tertiary/aromatic N) is 3. The predicted molar refractivity (Wildman–Crippen MR) is 94.5 cm³/mol. The number of aromatic nitrogens is 3. The number of amides is 1. The van der Waals surface area contributed by atoms with Gasteiger partial charge in [0.05, 0.1) is 12.5 Å². The Labute approximate surface area is 143 Å². The molecule has 3 aromatic heterocycles. The summed E-state index contributed by atoms with van der Waals surface area (Å²) in [4.78, 5) is 31.6. The highest BCUT2D eigenvalue weighted by Gasteiger charge is 2.21. The monoisotopic (exact) mass is 344 g/mol. The minimum Gasteiger partial charge on any atom is -0.338 e. The molecule has 1 N–H and O–H groups in total. The molecule has 0 aromatic carbocycles. The molecule has 0 bridgehead atoms. The summed E-state index contributed by atoms with van der Waals surface area (Å²) < 4.78 is 1.64. The molecule has 7 heteroatoms. The van der Waals surface area contributed by atoms with Crippen molar-refractivity contribution < 1.29 is 4.79 Å². The van der Waals surface area contributed by atoms with Crippen LogP contribution in [0, 0.1) is 13.8 Å². The molecule has 0 aliphatic carbocycles. The van der Waals surface area contributed by atoms with E-state index in [4.69, 9.17) is 0 Å². The largest absolute Gasteiger partial charge is 0.338 e. The van der Waals surface area contributed by atoms with Gasteiger partial charge < -0.3 is 4.90 Å². The predicted octanol–water partition coefficient (Wildman–Crippen LogP) is 2.46. The molecule has 0 unspecified atom stereocenters. The van der Waals surface area contributed by atoms with Gasteiger partial charge in [-0.15, -0.1) is 11.3 Å². The third kappa shape index (κ3) is 2.87. The van der Waals surface area contributed by atoms with Gasteiger partial charge in [0.1, 0.15) is 0 Å². The number of likely N-dealkylation sites (N-methyl/N-ethyl adjacent to an activating group) is 1. The zero-order valence-corrected chi connectivity index (χ0v) is 15.0. The van der Waals surface area contributed by atoms with Gasteiger partial charge in [-0.3, -0.25) is 14.7 Å². The topological polar surface area (TPSA) is 70.5 Å². The van der Waals surface area contributed by atoms with Crippen LogP contribution in [0.15, 0.2) is 28.4 Å². The van der Waals surface area contributed by atoms with Gasteiger partial charge in [-0.1, -0.05) is 6.07 Å². The molecule has 3 rings (SSSR count). The normalized spacial score (nSPS) is 12.5. The van der Waals surface area contributed by atoms with E-state index in [0.717, 1.165) is 21.8 Å². The third-order valence-corrected chi connectivity index (χ3v) is 5.50. The average molecular weight is 344 g/mol. The zero-order chi connectivity index (χ0) is 17.4. The van der Waals surface area contributed by atoms with E-state index >= 15 is 0 Å². The van der Waals surface area contributed by atoms with Gasteiger partial charge in [-0.05, 0) is 32.2 Å². The van der Waals surface area contributed by atoms with Gasteiger partial charge in [0.2, 0.25) is 5.91 Å². The molecule has 6 nitrogen and oxygen atoms in total. The number of hydrogen-bond donors (Lipinski definition) is 1. The van der Waals surface area contributed by atoms with Crippen LogP contribution in [0.2, 0.25) is 0 Å². The number of aromatic amines is 1. The Morgan fingerprint density at radius 3 is 2.88 bits per heavy atom. The lowest BCUT2D eigenvalue weighted by atomic mass is 10.1. The Bertz CT molecular complexity index is 940. The van der Waals surface area contributed by atoms with Crippen molar-refractivity contribution in [3.8, 4) is 0 Å². The molecule has 0 fully saturated rings. The number of H-pyrrole nitrogens is 1. The van der Waals surface area contributed by atoms with Gasteiger partial charge in [0.15, 0.2) is 5.65 Å². The van der Waals surface area contributed by atoms with Crippen molar-refractivity contribution in [1.29, 1.82) is 0 Å². The van der Waals surface area contributed by atoms with Crippen molar-refractivity contribution in [1.82, 2.24) is 19.5 Å². The Morgan fingerprint density at radius 2 is 2.21 bits per heavy atom. The van der Waals surface area contributed by atoms with E-state index in [0.29, 0.717) is 5.65 Å². The second kappa shape index (κ2) is 6.24. The second-order valence-electron chi connectivity index (χ2n) is 5.95. The molecule has 0 saturated carbocycles. The van der Waals surface area contributed by atoms with E-state index in [2.05, 4.69) is 10.1 Å². The molecule has 0 spiro atoms. The van der Waals surface area contributed by atoms with Crippen LogP contribution in [0.1, 0.15) is 34.8 Å². The maximum atomic E-state index is 12.7. The molecule has 0 aliphatic heterocycles. The molecule has 0 saturated heterocycles. The van der Waals surface area contributed by atoms with Crippen LogP contribution >= 0.6 is 11.3 Å². The number of hydrogen-bond acceptors (Lipinski definition) is 4. The summed E-state index contributed by atoms with van der Waals surface area (Å²) in [5.41, 5.74) is 2.84. The standard InChI is InChI=1S/C17H20N4O2S/c1-10-13(11(2)21-15(18-10)9-16(22)19-21)8-17(23)20(4)12(3)14-6-5-7-24-14/h5-7,9,12H,8H2,1-4H3,(H,19,22)/t12-/m0/s1. The van der Waals surface area contributed by atoms with Crippen molar-refractivity contribution in [2.45, 2.75) is 33.2 Å². The Balaban J connectivity index is 1.89. The summed E-state index contributed by atoms with van der Waals surface area (Å²) >= 11 is 1.64. The highest BCUT2D eigenvalue weighted by Crippen LogP contribution is 2.24. The molecule has 1 atom stereocenters. The van der Waals surface area contributed by atoms with Crippen LogP contribution in [0.4, 0.5) is 0 Å². The first-order valence-corrected chi connectivity index (χ1v) is 8.63. The lowest BCUT2D eigenvalue weighted by Gasteiger charge is -2.25. The van der Waals surface area contributed by atoms with Crippen LogP contribution in [0.25, 0.3) is 5.65 Å². The number of aryl methyl sites for hydroxylation is 2. The van der Waals surface area contributed by atoms with E-state index in [1.807, 2.05) is 45.3 Å². The fourth-order valence-corrected chi connectivity index (χ4v) is 3.65. The number of thiophene rings is 1. The maximum absolute atomic E-state index is 12.7. The first-order chi connectivity index (χ1) is 11.4. The van der Waals surface area contributed by atoms with E-state index in [9.17, 15) is 9.59 Å². The molecule has 0 aliphatic rings. The summed E-state index contributed by atoms with van der Waals surface area (Å²) in [5.74, 6) is 0.0257. The first kappa shape index (κ1) is 16.4. The van der Waals surface area contributed by atoms with Gasteiger partial charge >= 0.3 is 0 Å². The van der Waals surface area contributed by atoms with E-state index in [1.165, 1.54) is 6.07 Å². The summed E-state index contributed by atoms with van der Waals surface area (Å²) in [6.07, 6.45) is 0.257. The van der Waals surface area contributed by atoms with Gasteiger partial charge in [-0.2, -0.15) is 0 Å². The minimum atomic E-state index is -0.197. The number of rotatable bonds is 4. The van der Waals surface area contributed by atoms with Crippen LogP contribution in [-0.4, -0.2) is 32.5 Å². The van der Waals surface area contributed by atoms with Crippen molar-refractivity contribution >= 4 is 22.9 Å². The van der Waals surface area contributed by atoms with Crippen LogP contribution in [-0.2, 0) is 11.2 Å². The highest BCUT2D eigenvalue weighted by atomic mass is 32.1. The van der Waals surface area contributed by atoms with E-state index in [1.54, 1.807) is 20.8 Å². The molecule has 0 radical (unpaired) electrons. The summed E-state index contributed by atoms with van der Waals surface area (Å²) in [6, 6.07) is 5.51. The number of fused-ring (bicyclic) bond motifs is 1. The van der Waals surface area contributed by atoms with E-state index in [-0.39, 0.29) is 23.9 Å². The molecular formula is C17H20N4O2S. The molecule has 3 heterocycles. The summed E-state index contributed by atoms with van der Waals surface area (Å²) in [5, 5.41) is 4.73. The van der Waals surface area contributed by atoms with Gasteiger partial charge in [0, 0.05) is 34.9 Å². The van der Waals surface area contributed by atoms with E-state index < -0.39 is 0 Å². The van der Waals surface area contributed by atoms with Crippen LogP contribution in [0.5, 0.6) is 0 Å². The Hall–Kier alpha value is -2.41. The second-order valence-corrected chi connectivity index (χ2v) is 6.93. The van der Waals surface area contributed by atoms with Crippen molar-refractivity contribution in [3.63, 3.8) is 0 Å². The Morgan fingerprint density at radius 1 is 1.46 bits per heavy atom. The van der Waals surface area contributed by atoms with Crippen LogP contribution in [0.3, 0.4) is 0 Å². The Kier molecular flexibility index (Phi) is 4.28. The third-order valence-electron chi connectivity index (χ3n) is 4.46. The highest BCUT2D eigenvalue weighted by molar-refractivity contribution is 7.10. The quantitative estimate of drug-likeness (QED) is 0.790. The number of carbonyl (C=O) groups excluding carboxylic acids is 1. The smallest absolute Gasteiger partial charge is 0.266 e. The minimum absolute atomic E-state index is 0.0257. The summed E-state index contributed by atoms with van der Waals surface area (Å²) in [6.45, 7) is 5.78. The number of nitrogens with one attached hydrogen (secondary N) is 1. The van der Waals surface area contributed by atoms with Crippen molar-refractivity contribution in [2.75, 3.05) is 7.05 Å². The van der Waals surface area contributed by atoms with Crippen molar-refractivity contribution in [3.05, 3.63) is 55.8 Å². The summed E-state index contributed by atoms with van der Waals surface area (Å²) in [7, 11) is 1.82. The van der Waals surface area contributed by atoms with Gasteiger partial charge in [0.25, 0.3) is 5.56 Å². The fourth-order valence-electron chi connectivity index (χ4n) is 2.82. The SMILES string of the molecule is Cc1nc2cc(=O)[nH]n2c(C)c1CC(=O)N(C)[C@@H](C)c1cccs1. The fraction of sp³-hybridized carbons (Fsp3) is 0.353. The molecule has 3 aromatic rings. The lowest BCUT2D eigenvalue weighted by Crippen LogP contribution is -2.31. The van der Waals surface area contributed by atoms with Crippen molar-refractivity contribution in [2.24, 2.45) is 0 Å².